The zero-order chi connectivity index (χ0) is 21.5. The summed E-state index contributed by atoms with van der Waals surface area (Å²) in [6, 6.07) is 0. The second-order valence-electron chi connectivity index (χ2n) is 9.22. The fourth-order valence-electron chi connectivity index (χ4n) is 5.79. The van der Waals surface area contributed by atoms with E-state index in [0.717, 1.165) is 30.2 Å². The van der Waals surface area contributed by atoms with Gasteiger partial charge in [-0.15, -0.1) is 11.3 Å². The zero-order valence-electron chi connectivity index (χ0n) is 16.4. The van der Waals surface area contributed by atoms with Crippen molar-refractivity contribution < 1.29 is 26.4 Å². The highest BCUT2D eigenvalue weighted by Crippen LogP contribution is 2.55. The smallest absolute Gasteiger partial charge is 0.360 e. The standard InChI is InChI=1S/C18H23F3N4O3S2/c1-24-6-11-4-16(24,5-11)9-22-15-23-12(8-29-15)14(26)25-7-13-17(10-25,18(19,20)21)2-3-30(13,27)28/h8,11,13H,2-7,9-10H2,1H3,(H,22,23)/t11?,13-,16?,17-/m1/s1. The maximum atomic E-state index is 13.8. The van der Waals surface area contributed by atoms with E-state index in [9.17, 15) is 26.4 Å². The van der Waals surface area contributed by atoms with Gasteiger partial charge in [0.25, 0.3) is 5.91 Å². The lowest BCUT2D eigenvalue weighted by molar-refractivity contribution is -0.215. The van der Waals surface area contributed by atoms with Gasteiger partial charge in [-0.3, -0.25) is 9.69 Å². The van der Waals surface area contributed by atoms with Crippen molar-refractivity contribution in [2.75, 3.05) is 44.3 Å². The first-order chi connectivity index (χ1) is 14.0. The first kappa shape index (κ1) is 20.5. The summed E-state index contributed by atoms with van der Waals surface area (Å²) in [5.41, 5.74) is -2.19. The molecule has 30 heavy (non-hydrogen) atoms. The molecule has 1 aromatic rings. The maximum Gasteiger partial charge on any atom is 0.397 e. The minimum atomic E-state index is -4.68. The summed E-state index contributed by atoms with van der Waals surface area (Å²) in [4.78, 5) is 20.4. The van der Waals surface area contributed by atoms with Crippen molar-refractivity contribution in [3.8, 4) is 0 Å². The van der Waals surface area contributed by atoms with Crippen LogP contribution in [0.1, 0.15) is 29.8 Å². The molecule has 5 aliphatic rings. The van der Waals surface area contributed by atoms with Crippen molar-refractivity contribution in [3.05, 3.63) is 11.1 Å². The quantitative estimate of drug-likeness (QED) is 0.732. The zero-order valence-corrected chi connectivity index (χ0v) is 18.0. The molecule has 6 rings (SSSR count). The second kappa shape index (κ2) is 6.32. The Hall–Kier alpha value is -1.40. The van der Waals surface area contributed by atoms with Gasteiger partial charge in [0.1, 0.15) is 11.1 Å². The van der Waals surface area contributed by atoms with Gasteiger partial charge in [-0.05, 0) is 32.2 Å². The Balaban J connectivity index is 1.29. The molecule has 0 aromatic carbocycles. The largest absolute Gasteiger partial charge is 0.397 e. The molecule has 5 heterocycles. The Morgan fingerprint density at radius 1 is 1.37 bits per heavy atom. The molecule has 0 radical (unpaired) electrons. The van der Waals surface area contributed by atoms with Crippen LogP contribution in [0.2, 0.25) is 0 Å². The lowest BCUT2D eigenvalue weighted by Crippen LogP contribution is -2.49. The summed E-state index contributed by atoms with van der Waals surface area (Å²) in [5.74, 6) is -0.384. The van der Waals surface area contributed by atoms with Crippen LogP contribution < -0.4 is 5.32 Å². The summed E-state index contributed by atoms with van der Waals surface area (Å²) in [7, 11) is -1.79. The van der Waals surface area contributed by atoms with E-state index in [1.807, 2.05) is 0 Å². The molecule has 166 valence electrons. The summed E-state index contributed by atoms with van der Waals surface area (Å²) in [5, 5.41) is 3.75. The molecule has 1 aliphatic carbocycles. The van der Waals surface area contributed by atoms with E-state index in [4.69, 9.17) is 0 Å². The van der Waals surface area contributed by atoms with Gasteiger partial charge in [0, 0.05) is 37.1 Å². The molecular weight excluding hydrogens is 441 g/mol. The van der Waals surface area contributed by atoms with Crippen LogP contribution in [-0.4, -0.2) is 85.1 Å². The number of thiazole rings is 1. The molecule has 1 saturated carbocycles. The molecule has 4 aliphatic heterocycles. The van der Waals surface area contributed by atoms with Crippen LogP contribution in [0.5, 0.6) is 0 Å². The van der Waals surface area contributed by atoms with Crippen molar-refractivity contribution in [3.63, 3.8) is 0 Å². The predicted molar refractivity (Wildman–Crippen MR) is 105 cm³/mol. The van der Waals surface area contributed by atoms with Crippen LogP contribution >= 0.6 is 11.3 Å². The number of fused-ring (bicyclic) bond motifs is 2. The third-order valence-corrected chi connectivity index (χ3v) is 10.6. The molecule has 1 N–H and O–H groups in total. The second-order valence-corrected chi connectivity index (χ2v) is 12.4. The monoisotopic (exact) mass is 464 g/mol. The lowest BCUT2D eigenvalue weighted by Gasteiger charge is -2.41. The molecule has 0 spiro atoms. The van der Waals surface area contributed by atoms with E-state index < -0.39 is 57.8 Å². The van der Waals surface area contributed by atoms with Crippen molar-refractivity contribution in [2.45, 2.75) is 36.2 Å². The SMILES string of the molecule is CN1CC2CC1(CNc1nc(C(=O)N3C[C@@H]4[C@@](C(F)(F)F)(CCS4(=O)=O)C3)cs1)C2. The predicted octanol–water partition coefficient (Wildman–Crippen LogP) is 1.84. The third-order valence-electron chi connectivity index (χ3n) is 7.56. The highest BCUT2D eigenvalue weighted by atomic mass is 32.2. The summed E-state index contributed by atoms with van der Waals surface area (Å²) in [6.07, 6.45) is -2.90. The first-order valence-corrected chi connectivity index (χ1v) is 12.5. The number of nitrogens with one attached hydrogen (secondary N) is 1. The number of hydrogen-bond donors (Lipinski definition) is 1. The van der Waals surface area contributed by atoms with E-state index in [1.165, 1.54) is 16.7 Å². The van der Waals surface area contributed by atoms with Gasteiger partial charge < -0.3 is 10.2 Å². The van der Waals surface area contributed by atoms with Gasteiger partial charge in [-0.25, -0.2) is 13.4 Å². The van der Waals surface area contributed by atoms with Crippen molar-refractivity contribution >= 4 is 32.2 Å². The Morgan fingerprint density at radius 3 is 2.70 bits per heavy atom. The number of aromatic nitrogens is 1. The summed E-state index contributed by atoms with van der Waals surface area (Å²) in [6.45, 7) is 0.733. The number of likely N-dealkylation sites (tertiary alicyclic amines) is 1. The van der Waals surface area contributed by atoms with Gasteiger partial charge in [0.2, 0.25) is 0 Å². The fraction of sp³-hybridized carbons (Fsp3) is 0.778. The average molecular weight is 465 g/mol. The lowest BCUT2D eigenvalue weighted by atomic mass is 9.73. The molecule has 7 nitrogen and oxygen atoms in total. The summed E-state index contributed by atoms with van der Waals surface area (Å²) >= 11 is 1.23. The van der Waals surface area contributed by atoms with E-state index >= 15 is 0 Å². The Morgan fingerprint density at radius 2 is 2.10 bits per heavy atom. The third kappa shape index (κ3) is 2.82. The van der Waals surface area contributed by atoms with Gasteiger partial charge in [0.05, 0.1) is 11.0 Å². The maximum absolute atomic E-state index is 13.8. The molecule has 2 atom stereocenters. The van der Waals surface area contributed by atoms with Gasteiger partial charge in [-0.2, -0.15) is 13.2 Å². The van der Waals surface area contributed by atoms with E-state index in [-0.39, 0.29) is 11.2 Å². The van der Waals surface area contributed by atoms with Crippen molar-refractivity contribution in [1.82, 2.24) is 14.8 Å². The van der Waals surface area contributed by atoms with Crippen LogP contribution in [0.15, 0.2) is 5.38 Å². The number of sulfone groups is 1. The number of hydrogen-bond acceptors (Lipinski definition) is 7. The molecular formula is C18H23F3N4O3S2. The van der Waals surface area contributed by atoms with E-state index in [0.29, 0.717) is 11.7 Å². The van der Waals surface area contributed by atoms with Crippen LogP contribution in [0.3, 0.4) is 0 Å². The number of nitrogens with zero attached hydrogens (tertiary/aromatic N) is 3. The number of anilines is 1. The van der Waals surface area contributed by atoms with Crippen LogP contribution in [-0.2, 0) is 9.84 Å². The Labute approximate surface area is 176 Å². The first-order valence-electron chi connectivity index (χ1n) is 9.94. The normalized spacial score (nSPS) is 37.3. The van der Waals surface area contributed by atoms with E-state index in [1.54, 1.807) is 0 Å². The number of alkyl halides is 3. The fourth-order valence-corrected chi connectivity index (χ4v) is 8.82. The van der Waals surface area contributed by atoms with E-state index in [2.05, 4.69) is 22.2 Å². The average Bonchev–Trinajstić information content (AvgIpc) is 3.39. The molecule has 12 heteroatoms. The Kier molecular flexibility index (Phi) is 4.32. The molecule has 4 saturated heterocycles. The van der Waals surface area contributed by atoms with Crippen molar-refractivity contribution in [1.29, 1.82) is 0 Å². The molecule has 1 amide bonds. The van der Waals surface area contributed by atoms with Gasteiger partial charge in [0.15, 0.2) is 15.0 Å². The molecule has 1 aromatic heterocycles. The number of rotatable bonds is 4. The number of amides is 1. The molecule has 2 bridgehead atoms. The summed E-state index contributed by atoms with van der Waals surface area (Å²) < 4.78 is 65.8. The minimum absolute atomic E-state index is 0.0564. The Bertz CT molecular complexity index is 989. The molecule has 5 fully saturated rings. The van der Waals surface area contributed by atoms with Crippen LogP contribution in [0.4, 0.5) is 18.3 Å². The number of halogens is 3. The van der Waals surface area contributed by atoms with Gasteiger partial charge in [-0.1, -0.05) is 0 Å². The number of carbonyl (C=O) groups excluding carboxylic acids is 1. The number of likely N-dealkylation sites (N-methyl/N-ethyl adjacent to an activating group) is 1. The highest BCUT2D eigenvalue weighted by Gasteiger charge is 2.70. The molecule has 0 unspecified atom stereocenters. The number of carbonyl (C=O) groups is 1. The highest BCUT2D eigenvalue weighted by molar-refractivity contribution is 7.92. The van der Waals surface area contributed by atoms with Crippen molar-refractivity contribution in [2.24, 2.45) is 11.3 Å². The van der Waals surface area contributed by atoms with Crippen LogP contribution in [0.25, 0.3) is 0 Å². The minimum Gasteiger partial charge on any atom is -0.360 e. The van der Waals surface area contributed by atoms with Gasteiger partial charge >= 0.3 is 6.18 Å². The topological polar surface area (TPSA) is 82.6 Å². The van der Waals surface area contributed by atoms with Crippen LogP contribution in [0, 0.1) is 11.3 Å².